The zero-order chi connectivity index (χ0) is 14.2. The van der Waals surface area contributed by atoms with Gasteiger partial charge in [0.2, 0.25) is 5.91 Å². The number of piperidine rings is 1. The minimum atomic E-state index is -1.36. The van der Waals surface area contributed by atoms with E-state index in [-0.39, 0.29) is 18.4 Å². The Morgan fingerprint density at radius 3 is 2.68 bits per heavy atom. The number of hydrogen-bond acceptors (Lipinski definition) is 3. The lowest BCUT2D eigenvalue weighted by molar-refractivity contribution is -0.122. The first-order chi connectivity index (χ1) is 8.90. The molecule has 2 rings (SSSR count). The Labute approximate surface area is 108 Å². The van der Waals surface area contributed by atoms with Crippen molar-refractivity contribution in [1.82, 2.24) is 4.98 Å². The molecule has 2 unspecified atom stereocenters. The van der Waals surface area contributed by atoms with Crippen molar-refractivity contribution in [3.63, 3.8) is 0 Å². The zero-order valence-corrected chi connectivity index (χ0v) is 10.4. The molecule has 2 N–H and O–H groups in total. The third-order valence-electron chi connectivity index (χ3n) is 3.42. The standard InChI is InChI=1S/C12H14F3N3O/c1-6-2-3-7(11(16)19)5-18(6)12-9(14)4-8(13)10(15)17-12/h4,6-7H,2-3,5H2,1H3,(H2,16,19). The smallest absolute Gasteiger partial charge is 0.251 e. The van der Waals surface area contributed by atoms with E-state index in [4.69, 9.17) is 5.73 Å². The minimum absolute atomic E-state index is 0.123. The van der Waals surface area contributed by atoms with E-state index >= 15 is 0 Å². The first-order valence-corrected chi connectivity index (χ1v) is 5.97. The second kappa shape index (κ2) is 5.07. The van der Waals surface area contributed by atoms with Gasteiger partial charge in [0.15, 0.2) is 17.5 Å². The van der Waals surface area contributed by atoms with Gasteiger partial charge in [0.25, 0.3) is 5.95 Å². The number of nitrogens with two attached hydrogens (primary N) is 1. The number of carbonyl (C=O) groups is 1. The number of carbonyl (C=O) groups excluding carboxylic acids is 1. The molecule has 104 valence electrons. The molecule has 1 aromatic heterocycles. The number of anilines is 1. The molecule has 0 bridgehead atoms. The third-order valence-corrected chi connectivity index (χ3v) is 3.42. The van der Waals surface area contributed by atoms with Gasteiger partial charge in [0.05, 0.1) is 5.92 Å². The summed E-state index contributed by atoms with van der Waals surface area (Å²) in [7, 11) is 0. The molecule has 0 aromatic carbocycles. The molecule has 19 heavy (non-hydrogen) atoms. The summed E-state index contributed by atoms with van der Waals surface area (Å²) < 4.78 is 39.7. The minimum Gasteiger partial charge on any atom is -0.369 e. The number of hydrogen-bond donors (Lipinski definition) is 1. The van der Waals surface area contributed by atoms with E-state index in [1.807, 2.05) is 0 Å². The summed E-state index contributed by atoms with van der Waals surface area (Å²) in [5, 5.41) is 0. The van der Waals surface area contributed by atoms with Crippen LogP contribution in [0.15, 0.2) is 6.07 Å². The van der Waals surface area contributed by atoms with Crippen LogP contribution in [0.5, 0.6) is 0 Å². The average molecular weight is 273 g/mol. The zero-order valence-electron chi connectivity index (χ0n) is 10.4. The Morgan fingerprint density at radius 1 is 1.37 bits per heavy atom. The van der Waals surface area contributed by atoms with Crippen molar-refractivity contribution in [1.29, 1.82) is 0 Å². The van der Waals surface area contributed by atoms with Crippen LogP contribution < -0.4 is 10.6 Å². The molecule has 4 nitrogen and oxygen atoms in total. The number of halogens is 3. The van der Waals surface area contributed by atoms with Crippen molar-refractivity contribution in [3.05, 3.63) is 23.6 Å². The van der Waals surface area contributed by atoms with Crippen LogP contribution in [-0.2, 0) is 4.79 Å². The second-order valence-electron chi connectivity index (χ2n) is 4.74. The maximum atomic E-state index is 13.7. The summed E-state index contributed by atoms with van der Waals surface area (Å²) in [5.41, 5.74) is 5.23. The Hall–Kier alpha value is -1.79. The van der Waals surface area contributed by atoms with Gasteiger partial charge in [0.1, 0.15) is 0 Å². The van der Waals surface area contributed by atoms with Gasteiger partial charge in [-0.2, -0.15) is 9.37 Å². The van der Waals surface area contributed by atoms with E-state index in [0.717, 1.165) is 0 Å². The molecule has 1 aromatic rings. The van der Waals surface area contributed by atoms with Crippen LogP contribution in [0.25, 0.3) is 0 Å². The van der Waals surface area contributed by atoms with Crippen molar-refractivity contribution in [2.75, 3.05) is 11.4 Å². The van der Waals surface area contributed by atoms with Crippen LogP contribution in [0.4, 0.5) is 19.0 Å². The summed E-state index contributed by atoms with van der Waals surface area (Å²) in [6.07, 6.45) is 1.20. The molecule has 0 aliphatic carbocycles. The van der Waals surface area contributed by atoms with E-state index in [1.54, 1.807) is 6.92 Å². The monoisotopic (exact) mass is 273 g/mol. The van der Waals surface area contributed by atoms with Crippen LogP contribution in [0.2, 0.25) is 0 Å². The fourth-order valence-electron chi connectivity index (χ4n) is 2.27. The maximum absolute atomic E-state index is 13.7. The van der Waals surface area contributed by atoms with Crippen molar-refractivity contribution in [2.24, 2.45) is 11.7 Å². The van der Waals surface area contributed by atoms with Crippen molar-refractivity contribution in [2.45, 2.75) is 25.8 Å². The van der Waals surface area contributed by atoms with Gasteiger partial charge in [-0.05, 0) is 19.8 Å². The van der Waals surface area contributed by atoms with Gasteiger partial charge >= 0.3 is 0 Å². The van der Waals surface area contributed by atoms with Crippen LogP contribution >= 0.6 is 0 Å². The predicted octanol–water partition coefficient (Wildman–Crippen LogP) is 1.59. The fraction of sp³-hybridized carbons (Fsp3) is 0.500. The summed E-state index contributed by atoms with van der Waals surface area (Å²) in [6.45, 7) is 1.96. The van der Waals surface area contributed by atoms with Crippen LogP contribution in [0.3, 0.4) is 0 Å². The lowest BCUT2D eigenvalue weighted by Crippen LogP contribution is -2.46. The lowest BCUT2D eigenvalue weighted by atomic mass is 9.93. The molecular weight excluding hydrogens is 259 g/mol. The number of pyridine rings is 1. The van der Waals surface area contributed by atoms with E-state index in [2.05, 4.69) is 4.98 Å². The van der Waals surface area contributed by atoms with E-state index < -0.39 is 29.4 Å². The normalized spacial score (nSPS) is 23.5. The summed E-state index contributed by atoms with van der Waals surface area (Å²) >= 11 is 0. The first-order valence-electron chi connectivity index (χ1n) is 5.97. The van der Waals surface area contributed by atoms with Gasteiger partial charge in [-0.3, -0.25) is 4.79 Å². The molecule has 2 atom stereocenters. The number of rotatable bonds is 2. The summed E-state index contributed by atoms with van der Waals surface area (Å²) in [5.74, 6) is -4.85. The topological polar surface area (TPSA) is 59.2 Å². The van der Waals surface area contributed by atoms with Crippen molar-refractivity contribution >= 4 is 11.7 Å². The van der Waals surface area contributed by atoms with Gasteiger partial charge in [-0.15, -0.1) is 0 Å². The molecule has 0 spiro atoms. The van der Waals surface area contributed by atoms with Crippen molar-refractivity contribution in [3.8, 4) is 0 Å². The number of primary amides is 1. The first kappa shape index (κ1) is 13.6. The maximum Gasteiger partial charge on any atom is 0.251 e. The van der Waals surface area contributed by atoms with Gasteiger partial charge < -0.3 is 10.6 Å². The molecule has 1 amide bonds. The molecule has 2 heterocycles. The van der Waals surface area contributed by atoms with E-state index in [1.165, 1.54) is 4.90 Å². The van der Waals surface area contributed by atoms with Gasteiger partial charge in [-0.1, -0.05) is 0 Å². The molecular formula is C12H14F3N3O. The SMILES string of the molecule is CC1CCC(C(N)=O)CN1c1nc(F)c(F)cc1F. The largest absolute Gasteiger partial charge is 0.369 e. The molecule has 1 fully saturated rings. The van der Waals surface area contributed by atoms with Crippen LogP contribution in [-0.4, -0.2) is 23.5 Å². The molecule has 7 heteroatoms. The molecule has 1 aliphatic heterocycles. The van der Waals surface area contributed by atoms with Crippen molar-refractivity contribution < 1.29 is 18.0 Å². The Balaban J connectivity index is 2.33. The highest BCUT2D eigenvalue weighted by atomic mass is 19.2. The summed E-state index contributed by atoms with van der Waals surface area (Å²) in [4.78, 5) is 15.9. The van der Waals surface area contributed by atoms with E-state index in [9.17, 15) is 18.0 Å². The number of nitrogens with zero attached hydrogens (tertiary/aromatic N) is 2. The highest BCUT2D eigenvalue weighted by Gasteiger charge is 2.31. The molecule has 1 aliphatic rings. The lowest BCUT2D eigenvalue weighted by Gasteiger charge is -2.37. The third kappa shape index (κ3) is 2.64. The summed E-state index contributed by atoms with van der Waals surface area (Å²) in [6, 6.07) is 0.334. The predicted molar refractivity (Wildman–Crippen MR) is 62.8 cm³/mol. The van der Waals surface area contributed by atoms with Gasteiger partial charge in [-0.25, -0.2) is 8.78 Å². The molecule has 1 saturated heterocycles. The highest BCUT2D eigenvalue weighted by molar-refractivity contribution is 5.77. The Bertz CT molecular complexity index is 509. The number of aromatic nitrogens is 1. The Kier molecular flexibility index (Phi) is 3.64. The van der Waals surface area contributed by atoms with E-state index in [0.29, 0.717) is 18.9 Å². The van der Waals surface area contributed by atoms with Crippen LogP contribution in [0.1, 0.15) is 19.8 Å². The Morgan fingerprint density at radius 2 is 2.05 bits per heavy atom. The average Bonchev–Trinajstić information content (AvgIpc) is 2.34. The number of amides is 1. The van der Waals surface area contributed by atoms with Crippen LogP contribution in [0, 0.1) is 23.5 Å². The fourth-order valence-corrected chi connectivity index (χ4v) is 2.27. The van der Waals surface area contributed by atoms with Gasteiger partial charge in [0, 0.05) is 18.7 Å². The molecule has 0 radical (unpaired) electrons. The second-order valence-corrected chi connectivity index (χ2v) is 4.74. The highest BCUT2D eigenvalue weighted by Crippen LogP contribution is 2.28. The molecule has 0 saturated carbocycles. The quantitative estimate of drug-likeness (QED) is 0.832.